The van der Waals surface area contributed by atoms with Gasteiger partial charge in [-0.25, -0.2) is 19.4 Å². The van der Waals surface area contributed by atoms with E-state index in [0.717, 1.165) is 74.0 Å². The third-order valence-corrected chi connectivity index (χ3v) is 7.42. The van der Waals surface area contributed by atoms with Gasteiger partial charge in [0.15, 0.2) is 11.5 Å². The molecule has 0 spiro atoms. The van der Waals surface area contributed by atoms with Crippen molar-refractivity contribution in [3.05, 3.63) is 30.5 Å². The second-order valence-corrected chi connectivity index (χ2v) is 9.80. The van der Waals surface area contributed by atoms with E-state index in [2.05, 4.69) is 15.5 Å². The van der Waals surface area contributed by atoms with Crippen molar-refractivity contribution in [2.24, 2.45) is 0 Å². The van der Waals surface area contributed by atoms with Gasteiger partial charge in [0.2, 0.25) is 0 Å². The number of carbonyl (C=O) groups excluding carboxylic acids is 1. The molecule has 184 valence electrons. The molecule has 2 atom stereocenters. The Kier molecular flexibility index (Phi) is 5.77. The number of aliphatic hydroxyl groups excluding tert-OH is 1. The number of rotatable bonds is 4. The molecule has 2 amide bonds. The fourth-order valence-corrected chi connectivity index (χ4v) is 5.53. The predicted molar refractivity (Wildman–Crippen MR) is 132 cm³/mol. The molecule has 10 heteroatoms. The van der Waals surface area contributed by atoms with Crippen molar-refractivity contribution in [3.63, 3.8) is 0 Å². The van der Waals surface area contributed by atoms with E-state index in [9.17, 15) is 9.90 Å². The van der Waals surface area contributed by atoms with Crippen LogP contribution in [-0.2, 0) is 4.74 Å². The Morgan fingerprint density at radius 3 is 2.43 bits per heavy atom. The van der Waals surface area contributed by atoms with Crippen molar-refractivity contribution in [1.82, 2.24) is 25.1 Å². The molecule has 1 aromatic carbocycles. The second kappa shape index (κ2) is 9.09. The molecule has 3 aromatic rings. The number of hydrogen-bond acceptors (Lipinski definition) is 7. The largest absolute Gasteiger partial charge is 0.393 e. The van der Waals surface area contributed by atoms with Crippen molar-refractivity contribution >= 4 is 28.6 Å². The summed E-state index contributed by atoms with van der Waals surface area (Å²) in [4.78, 5) is 24.0. The Balaban J connectivity index is 1.40. The highest BCUT2D eigenvalue weighted by atomic mass is 16.5. The lowest BCUT2D eigenvalue weighted by Crippen LogP contribution is -2.43. The third kappa shape index (κ3) is 4.32. The van der Waals surface area contributed by atoms with E-state index in [1.807, 2.05) is 35.1 Å². The number of aromatic nitrogens is 4. The highest BCUT2D eigenvalue weighted by molar-refractivity contribution is 5.90. The number of urea groups is 1. The van der Waals surface area contributed by atoms with Gasteiger partial charge in [-0.15, -0.1) is 0 Å². The van der Waals surface area contributed by atoms with Crippen LogP contribution in [0, 0.1) is 0 Å². The van der Waals surface area contributed by atoms with E-state index in [0.29, 0.717) is 11.5 Å². The van der Waals surface area contributed by atoms with Crippen molar-refractivity contribution in [3.8, 4) is 11.4 Å². The normalized spacial score (nSPS) is 26.2. The summed E-state index contributed by atoms with van der Waals surface area (Å²) < 4.78 is 8.11. The number of nitrogens with zero attached hydrogens (tertiary/aromatic N) is 5. The zero-order chi connectivity index (χ0) is 23.9. The molecule has 1 aliphatic carbocycles. The van der Waals surface area contributed by atoms with Crippen LogP contribution in [0.2, 0.25) is 0 Å². The van der Waals surface area contributed by atoms with Crippen LogP contribution in [0.15, 0.2) is 30.5 Å². The van der Waals surface area contributed by atoms with E-state index in [-0.39, 0.29) is 30.4 Å². The number of morpholine rings is 1. The lowest BCUT2D eigenvalue weighted by molar-refractivity contribution is 0.0303. The van der Waals surface area contributed by atoms with Gasteiger partial charge in [0.25, 0.3) is 0 Å². The molecule has 4 heterocycles. The number of carbonyl (C=O) groups is 1. The van der Waals surface area contributed by atoms with E-state index in [4.69, 9.17) is 19.8 Å². The van der Waals surface area contributed by atoms with Crippen molar-refractivity contribution in [2.45, 2.75) is 62.9 Å². The monoisotopic (exact) mass is 477 g/mol. The molecule has 2 saturated heterocycles. The molecule has 3 aliphatic rings. The fraction of sp³-hybridized carbons (Fsp3) is 0.520. The molecular weight excluding hydrogens is 446 g/mol. The number of hydrogen-bond donors (Lipinski definition) is 3. The van der Waals surface area contributed by atoms with Gasteiger partial charge in [-0.1, -0.05) is 0 Å². The van der Waals surface area contributed by atoms with E-state index >= 15 is 0 Å². The van der Waals surface area contributed by atoms with Gasteiger partial charge < -0.3 is 25.4 Å². The molecular formula is C25H31N7O3. The second-order valence-electron chi connectivity index (χ2n) is 9.80. The quantitative estimate of drug-likeness (QED) is 0.529. The van der Waals surface area contributed by atoms with Gasteiger partial charge in [0.05, 0.1) is 35.9 Å². The lowest BCUT2D eigenvalue weighted by Gasteiger charge is -2.33. The number of anilines is 2. The van der Waals surface area contributed by atoms with Crippen LogP contribution < -0.4 is 15.5 Å². The third-order valence-electron chi connectivity index (χ3n) is 7.42. The summed E-state index contributed by atoms with van der Waals surface area (Å²) in [7, 11) is 1.59. The topological polar surface area (TPSA) is 117 Å². The Morgan fingerprint density at radius 1 is 1.03 bits per heavy atom. The van der Waals surface area contributed by atoms with E-state index < -0.39 is 0 Å². The average Bonchev–Trinajstić information content (AvgIpc) is 3.46. The summed E-state index contributed by atoms with van der Waals surface area (Å²) in [5.41, 5.74) is 2.40. The molecule has 2 aliphatic heterocycles. The summed E-state index contributed by atoms with van der Waals surface area (Å²) in [6.45, 7) is 1.63. The van der Waals surface area contributed by atoms with Gasteiger partial charge in [-0.3, -0.25) is 0 Å². The van der Waals surface area contributed by atoms with Crippen LogP contribution in [0.25, 0.3) is 22.4 Å². The molecule has 2 aromatic heterocycles. The Morgan fingerprint density at radius 2 is 1.74 bits per heavy atom. The molecule has 0 unspecified atom stereocenters. The Bertz CT molecular complexity index is 1210. The minimum absolute atomic E-state index is 0.214. The summed E-state index contributed by atoms with van der Waals surface area (Å²) in [5.74, 6) is 1.54. The molecule has 1 saturated carbocycles. The van der Waals surface area contributed by atoms with Crippen LogP contribution >= 0.6 is 0 Å². The zero-order valence-corrected chi connectivity index (χ0v) is 19.9. The summed E-state index contributed by atoms with van der Waals surface area (Å²) >= 11 is 0. The van der Waals surface area contributed by atoms with E-state index in [1.54, 1.807) is 7.05 Å². The Labute approximate surface area is 203 Å². The molecule has 3 fully saturated rings. The number of nitrogens with one attached hydrogen (secondary N) is 2. The Hall–Kier alpha value is -3.24. The average molecular weight is 478 g/mol. The highest BCUT2D eigenvalue weighted by Crippen LogP contribution is 2.36. The molecule has 10 nitrogen and oxygen atoms in total. The van der Waals surface area contributed by atoms with Gasteiger partial charge >= 0.3 is 6.03 Å². The summed E-state index contributed by atoms with van der Waals surface area (Å²) in [6, 6.07) is 7.51. The van der Waals surface area contributed by atoms with Gasteiger partial charge in [0, 0.05) is 31.4 Å². The minimum atomic E-state index is -0.263. The first-order chi connectivity index (χ1) is 17.1. The van der Waals surface area contributed by atoms with Crippen molar-refractivity contribution in [2.75, 3.05) is 30.4 Å². The van der Waals surface area contributed by atoms with Crippen LogP contribution in [0.1, 0.15) is 44.6 Å². The maximum absolute atomic E-state index is 11.7. The maximum atomic E-state index is 11.7. The maximum Gasteiger partial charge on any atom is 0.318 e. The van der Waals surface area contributed by atoms with E-state index in [1.165, 1.54) is 0 Å². The standard InChI is InChI=1S/C25H31N7O3/c1-26-25(34)28-16-4-2-15(3-5-16)22-29-23(31-13-19-10-11-20(14-31)35-19)21-12-27-32(24(21)30-22)17-6-8-18(33)9-7-17/h2-5,12,17-20,33H,6-11,13-14H2,1H3,(H2,26,28,34)/t17?,18?,19-,20-/m1/s1. The number of fused-ring (bicyclic) bond motifs is 3. The van der Waals surface area contributed by atoms with Crippen LogP contribution in [0.5, 0.6) is 0 Å². The first kappa shape index (κ1) is 22.2. The van der Waals surface area contributed by atoms with Crippen molar-refractivity contribution in [1.29, 1.82) is 0 Å². The molecule has 0 radical (unpaired) electrons. The molecule has 3 N–H and O–H groups in total. The van der Waals surface area contributed by atoms with Gasteiger partial charge in [-0.05, 0) is 62.8 Å². The number of ether oxygens (including phenoxy) is 1. The smallest absolute Gasteiger partial charge is 0.318 e. The first-order valence-electron chi connectivity index (χ1n) is 12.5. The first-order valence-corrected chi connectivity index (χ1v) is 12.5. The fourth-order valence-electron chi connectivity index (χ4n) is 5.53. The van der Waals surface area contributed by atoms with Crippen LogP contribution in [0.4, 0.5) is 16.3 Å². The lowest BCUT2D eigenvalue weighted by atomic mass is 9.93. The van der Waals surface area contributed by atoms with Gasteiger partial charge in [-0.2, -0.15) is 5.10 Å². The summed E-state index contributed by atoms with van der Waals surface area (Å²) in [6.07, 6.45) is 7.67. The highest BCUT2D eigenvalue weighted by Gasteiger charge is 2.35. The number of amides is 2. The zero-order valence-electron chi connectivity index (χ0n) is 19.9. The minimum Gasteiger partial charge on any atom is -0.393 e. The number of aliphatic hydroxyl groups is 1. The SMILES string of the molecule is CNC(=O)Nc1ccc(-c2nc(N3C[C@H]4CC[C@H](C3)O4)c3cnn(C4CCC(O)CC4)c3n2)cc1. The van der Waals surface area contributed by atoms with Gasteiger partial charge in [0.1, 0.15) is 5.82 Å². The van der Waals surface area contributed by atoms with Crippen molar-refractivity contribution < 1.29 is 14.6 Å². The molecule has 2 bridgehead atoms. The summed E-state index contributed by atoms with van der Waals surface area (Å²) in [5, 5.41) is 21.1. The van der Waals surface area contributed by atoms with Crippen LogP contribution in [0.3, 0.4) is 0 Å². The predicted octanol–water partition coefficient (Wildman–Crippen LogP) is 3.09. The molecule has 35 heavy (non-hydrogen) atoms. The molecule has 6 rings (SSSR count). The number of benzene rings is 1. The van der Waals surface area contributed by atoms with Crippen LogP contribution in [-0.4, -0.2) is 69.3 Å².